The molecule has 0 radical (unpaired) electrons. The zero-order valence-electron chi connectivity index (χ0n) is 11.6. The SMILES string of the molecule is CC(C)(C)[Si](C)(C)OC1CC#C/C=C\C#CC1. The molecule has 1 nitrogen and oxygen atoms in total. The average Bonchev–Trinajstić information content (AvgIpc) is 2.29. The van der Waals surface area contributed by atoms with Gasteiger partial charge in [-0.05, 0) is 30.3 Å². The lowest BCUT2D eigenvalue weighted by Gasteiger charge is -2.38. The third-order valence-corrected chi connectivity index (χ3v) is 7.92. The van der Waals surface area contributed by atoms with Crippen LogP contribution in [0.5, 0.6) is 0 Å². The highest BCUT2D eigenvalue weighted by atomic mass is 28.4. The molecule has 0 N–H and O–H groups in total. The molecular weight excluding hydrogens is 224 g/mol. The molecule has 0 spiro atoms. The minimum atomic E-state index is -1.70. The predicted molar refractivity (Wildman–Crippen MR) is 76.0 cm³/mol. The van der Waals surface area contributed by atoms with Gasteiger partial charge in [-0.2, -0.15) is 0 Å². The quantitative estimate of drug-likeness (QED) is 0.533. The van der Waals surface area contributed by atoms with Crippen LogP contribution in [0, 0.1) is 23.7 Å². The summed E-state index contributed by atoms with van der Waals surface area (Å²) in [6.07, 6.45) is 5.34. The van der Waals surface area contributed by atoms with Crippen molar-refractivity contribution in [1.29, 1.82) is 0 Å². The zero-order chi connectivity index (χ0) is 12.9. The van der Waals surface area contributed by atoms with Gasteiger partial charge in [0.1, 0.15) is 0 Å². The maximum absolute atomic E-state index is 6.34. The molecule has 17 heavy (non-hydrogen) atoms. The Labute approximate surface area is 107 Å². The molecular formula is C15H22OSi. The molecule has 0 bridgehead atoms. The van der Waals surface area contributed by atoms with Crippen LogP contribution >= 0.6 is 0 Å². The normalized spacial score (nSPS) is 18.9. The Hall–Kier alpha value is -0.963. The van der Waals surface area contributed by atoms with Crippen LogP contribution in [0.25, 0.3) is 0 Å². The van der Waals surface area contributed by atoms with E-state index in [4.69, 9.17) is 4.43 Å². The van der Waals surface area contributed by atoms with Crippen LogP contribution in [-0.2, 0) is 4.43 Å². The van der Waals surface area contributed by atoms with E-state index in [0.717, 1.165) is 12.8 Å². The lowest BCUT2D eigenvalue weighted by Crippen LogP contribution is -2.43. The van der Waals surface area contributed by atoms with Gasteiger partial charge >= 0.3 is 0 Å². The molecule has 0 fully saturated rings. The molecule has 0 aromatic rings. The van der Waals surface area contributed by atoms with Crippen molar-refractivity contribution in [3.8, 4) is 23.7 Å². The molecule has 0 heterocycles. The van der Waals surface area contributed by atoms with Crippen LogP contribution in [0.15, 0.2) is 12.2 Å². The Morgan fingerprint density at radius 1 is 1.06 bits per heavy atom. The Morgan fingerprint density at radius 3 is 1.94 bits per heavy atom. The molecule has 2 heteroatoms. The molecule has 1 rings (SSSR count). The summed E-state index contributed by atoms with van der Waals surface area (Å²) in [6, 6.07) is 0. The van der Waals surface area contributed by atoms with E-state index in [2.05, 4.69) is 57.5 Å². The summed E-state index contributed by atoms with van der Waals surface area (Å²) in [5.74, 6) is 12.2. The Bertz CT molecular complexity index is 378. The van der Waals surface area contributed by atoms with Crippen molar-refractivity contribution < 1.29 is 4.43 Å². The second kappa shape index (κ2) is 5.58. The molecule has 0 unspecified atom stereocenters. The molecule has 0 aromatic heterocycles. The summed E-state index contributed by atoms with van der Waals surface area (Å²) < 4.78 is 6.34. The van der Waals surface area contributed by atoms with Crippen LogP contribution in [0.2, 0.25) is 18.1 Å². The lowest BCUT2D eigenvalue weighted by molar-refractivity contribution is 0.191. The van der Waals surface area contributed by atoms with Gasteiger partial charge in [-0.3, -0.25) is 0 Å². The maximum atomic E-state index is 6.34. The molecule has 0 saturated heterocycles. The topological polar surface area (TPSA) is 9.23 Å². The van der Waals surface area contributed by atoms with Crippen LogP contribution in [0.3, 0.4) is 0 Å². The van der Waals surface area contributed by atoms with Crippen molar-refractivity contribution in [1.82, 2.24) is 0 Å². The second-order valence-corrected chi connectivity index (χ2v) is 10.6. The van der Waals surface area contributed by atoms with Gasteiger partial charge in [-0.1, -0.05) is 44.5 Å². The molecule has 1 aliphatic carbocycles. The van der Waals surface area contributed by atoms with E-state index < -0.39 is 8.32 Å². The lowest BCUT2D eigenvalue weighted by atomic mass is 10.2. The molecule has 0 atom stereocenters. The van der Waals surface area contributed by atoms with Crippen molar-refractivity contribution in [2.24, 2.45) is 0 Å². The molecule has 0 amide bonds. The number of allylic oxidation sites excluding steroid dienone is 2. The summed E-state index contributed by atoms with van der Waals surface area (Å²) >= 11 is 0. The average molecular weight is 246 g/mol. The highest BCUT2D eigenvalue weighted by molar-refractivity contribution is 6.74. The number of hydrogen-bond donors (Lipinski definition) is 0. The first kappa shape index (κ1) is 14.1. The Balaban J connectivity index is 2.72. The highest BCUT2D eigenvalue weighted by Crippen LogP contribution is 2.37. The first-order valence-corrected chi connectivity index (χ1v) is 9.03. The fourth-order valence-corrected chi connectivity index (χ4v) is 2.65. The van der Waals surface area contributed by atoms with Gasteiger partial charge in [0.15, 0.2) is 8.32 Å². The van der Waals surface area contributed by atoms with Gasteiger partial charge in [0.05, 0.1) is 6.10 Å². The summed E-state index contributed by atoms with van der Waals surface area (Å²) in [6.45, 7) is 11.3. The molecule has 1 aliphatic rings. The van der Waals surface area contributed by atoms with Gasteiger partial charge in [0, 0.05) is 12.8 Å². The van der Waals surface area contributed by atoms with E-state index >= 15 is 0 Å². The van der Waals surface area contributed by atoms with Crippen LogP contribution in [0.1, 0.15) is 33.6 Å². The van der Waals surface area contributed by atoms with E-state index in [1.807, 2.05) is 12.2 Å². The third-order valence-electron chi connectivity index (χ3n) is 3.38. The van der Waals surface area contributed by atoms with Crippen molar-refractivity contribution in [3.63, 3.8) is 0 Å². The molecule has 92 valence electrons. The van der Waals surface area contributed by atoms with E-state index in [9.17, 15) is 0 Å². The fourth-order valence-electron chi connectivity index (χ4n) is 1.30. The highest BCUT2D eigenvalue weighted by Gasteiger charge is 2.38. The van der Waals surface area contributed by atoms with E-state index in [-0.39, 0.29) is 11.1 Å². The Morgan fingerprint density at radius 2 is 1.53 bits per heavy atom. The summed E-state index contributed by atoms with van der Waals surface area (Å²) in [5.41, 5.74) is 0. The molecule has 0 aromatic carbocycles. The minimum absolute atomic E-state index is 0.163. The van der Waals surface area contributed by atoms with E-state index in [1.54, 1.807) is 0 Å². The van der Waals surface area contributed by atoms with Crippen molar-refractivity contribution >= 4 is 8.32 Å². The van der Waals surface area contributed by atoms with Crippen LogP contribution in [-0.4, -0.2) is 14.4 Å². The van der Waals surface area contributed by atoms with Crippen molar-refractivity contribution in [2.75, 3.05) is 0 Å². The van der Waals surface area contributed by atoms with Gasteiger partial charge in [0.2, 0.25) is 0 Å². The zero-order valence-corrected chi connectivity index (χ0v) is 12.6. The number of hydrogen-bond acceptors (Lipinski definition) is 1. The van der Waals surface area contributed by atoms with E-state index in [0.29, 0.717) is 0 Å². The van der Waals surface area contributed by atoms with Gasteiger partial charge in [-0.15, -0.1) is 0 Å². The largest absolute Gasteiger partial charge is 0.412 e. The summed E-state index contributed by atoms with van der Waals surface area (Å²) in [5, 5.41) is 0.241. The Kier molecular flexibility index (Phi) is 4.63. The fraction of sp³-hybridized carbons (Fsp3) is 0.600. The molecule has 0 aliphatic heterocycles. The smallest absolute Gasteiger partial charge is 0.192 e. The monoisotopic (exact) mass is 246 g/mol. The van der Waals surface area contributed by atoms with Crippen molar-refractivity contribution in [3.05, 3.63) is 12.2 Å². The maximum Gasteiger partial charge on any atom is 0.192 e. The first-order chi connectivity index (χ1) is 7.83. The van der Waals surface area contributed by atoms with Crippen LogP contribution in [0.4, 0.5) is 0 Å². The van der Waals surface area contributed by atoms with Gasteiger partial charge in [-0.25, -0.2) is 0 Å². The minimum Gasteiger partial charge on any atom is -0.412 e. The van der Waals surface area contributed by atoms with E-state index in [1.165, 1.54) is 0 Å². The summed E-state index contributed by atoms with van der Waals surface area (Å²) in [7, 11) is -1.70. The molecule has 0 saturated carbocycles. The standard InChI is InChI=1S/C15H22OSi/c1-15(2,3)17(4,5)16-14-12-10-8-6-7-9-11-13-14/h6-7,14H,12-13H2,1-5H3/b7-6-. The first-order valence-electron chi connectivity index (χ1n) is 6.12. The van der Waals surface area contributed by atoms with Gasteiger partial charge < -0.3 is 4.43 Å². The van der Waals surface area contributed by atoms with Gasteiger partial charge in [0.25, 0.3) is 0 Å². The second-order valence-electron chi connectivity index (χ2n) is 5.88. The summed E-state index contributed by atoms with van der Waals surface area (Å²) in [4.78, 5) is 0. The number of rotatable bonds is 2. The van der Waals surface area contributed by atoms with Crippen molar-refractivity contribution in [2.45, 2.75) is 57.8 Å². The van der Waals surface area contributed by atoms with Crippen LogP contribution < -0.4 is 0 Å². The third kappa shape index (κ3) is 4.42. The predicted octanol–water partition coefficient (Wildman–Crippen LogP) is 3.73.